The van der Waals surface area contributed by atoms with Gasteiger partial charge in [-0.05, 0) is 25.3 Å². The van der Waals surface area contributed by atoms with Crippen LogP contribution in [-0.4, -0.2) is 33.4 Å². The Morgan fingerprint density at radius 2 is 2.04 bits per heavy atom. The van der Waals surface area contributed by atoms with Crippen molar-refractivity contribution in [1.29, 1.82) is 0 Å². The van der Waals surface area contributed by atoms with Crippen molar-refractivity contribution in [3.05, 3.63) is 36.5 Å². The van der Waals surface area contributed by atoms with Gasteiger partial charge < -0.3 is 9.88 Å². The van der Waals surface area contributed by atoms with Crippen LogP contribution in [0, 0.1) is 0 Å². The number of aromatic nitrogens is 2. The summed E-state index contributed by atoms with van der Waals surface area (Å²) >= 11 is 1.19. The molecule has 3 rings (SSSR count). The van der Waals surface area contributed by atoms with Crippen molar-refractivity contribution in [3.63, 3.8) is 0 Å². The Kier molecular flexibility index (Phi) is 5.08. The Morgan fingerprint density at radius 3 is 2.64 bits per heavy atom. The highest BCUT2D eigenvalue weighted by atomic mass is 32.2. The number of halogens is 3. The molecule has 0 aliphatic heterocycles. The molecule has 1 unspecified atom stereocenters. The topological polar surface area (TPSA) is 46.9 Å². The molecule has 1 aliphatic rings. The quantitative estimate of drug-likeness (QED) is 0.782. The maximum Gasteiger partial charge on any atom is 0.405 e. The number of nitrogens with zero attached hydrogens (tertiary/aromatic N) is 2. The van der Waals surface area contributed by atoms with Gasteiger partial charge in [0.2, 0.25) is 5.91 Å². The fourth-order valence-electron chi connectivity index (χ4n) is 2.48. The molecule has 1 atom stereocenters. The number of nitrogens with one attached hydrogen (secondary N) is 1. The highest BCUT2D eigenvalue weighted by Crippen LogP contribution is 2.42. The fourth-order valence-corrected chi connectivity index (χ4v) is 3.46. The Labute approximate surface area is 147 Å². The third-order valence-corrected chi connectivity index (χ3v) is 4.94. The molecule has 2 aromatic rings. The number of alkyl halides is 3. The summed E-state index contributed by atoms with van der Waals surface area (Å²) in [4.78, 5) is 16.3. The zero-order chi connectivity index (χ0) is 18.0. The molecule has 1 saturated carbocycles. The average Bonchev–Trinajstić information content (AvgIpc) is 3.33. The van der Waals surface area contributed by atoms with Gasteiger partial charge in [0.1, 0.15) is 6.54 Å². The predicted molar refractivity (Wildman–Crippen MR) is 90.3 cm³/mol. The molecule has 1 aromatic carbocycles. The van der Waals surface area contributed by atoms with Crippen molar-refractivity contribution in [2.45, 2.75) is 42.4 Å². The van der Waals surface area contributed by atoms with Crippen molar-refractivity contribution in [3.8, 4) is 11.3 Å². The Balaban J connectivity index is 1.75. The van der Waals surface area contributed by atoms with Crippen molar-refractivity contribution in [2.75, 3.05) is 6.54 Å². The first-order chi connectivity index (χ1) is 11.8. The van der Waals surface area contributed by atoms with Crippen LogP contribution in [0.25, 0.3) is 11.3 Å². The first kappa shape index (κ1) is 17.8. The third kappa shape index (κ3) is 4.56. The largest absolute Gasteiger partial charge is 0.405 e. The summed E-state index contributed by atoms with van der Waals surface area (Å²) in [5.41, 5.74) is 2.00. The summed E-state index contributed by atoms with van der Waals surface area (Å²) < 4.78 is 38.8. The lowest BCUT2D eigenvalue weighted by molar-refractivity contribution is -0.137. The number of carbonyl (C=O) groups excluding carboxylic acids is 1. The van der Waals surface area contributed by atoms with Crippen molar-refractivity contribution >= 4 is 17.7 Å². The SMILES string of the molecule is CC(Sc1ncc(-c2ccccc2)n1C1CC1)C(=O)NCC(F)(F)F. The number of imidazole rings is 1. The molecular formula is C17H18F3N3OS. The van der Waals surface area contributed by atoms with Gasteiger partial charge in [0, 0.05) is 6.04 Å². The highest BCUT2D eigenvalue weighted by molar-refractivity contribution is 8.00. The maximum absolute atomic E-state index is 12.2. The second-order valence-electron chi connectivity index (χ2n) is 5.99. The van der Waals surface area contributed by atoms with Gasteiger partial charge in [-0.1, -0.05) is 42.1 Å². The van der Waals surface area contributed by atoms with E-state index in [1.807, 2.05) is 35.6 Å². The summed E-state index contributed by atoms with van der Waals surface area (Å²) in [6, 6.07) is 10.1. The van der Waals surface area contributed by atoms with Gasteiger partial charge in [0.05, 0.1) is 17.1 Å². The summed E-state index contributed by atoms with van der Waals surface area (Å²) in [5.74, 6) is -0.645. The van der Waals surface area contributed by atoms with Crippen molar-refractivity contribution < 1.29 is 18.0 Å². The summed E-state index contributed by atoms with van der Waals surface area (Å²) in [5, 5.41) is 1.93. The van der Waals surface area contributed by atoms with Gasteiger partial charge in [-0.25, -0.2) is 4.98 Å². The van der Waals surface area contributed by atoms with E-state index >= 15 is 0 Å². The number of carbonyl (C=O) groups is 1. The molecule has 1 amide bonds. The number of rotatable bonds is 6. The van der Waals surface area contributed by atoms with Crippen molar-refractivity contribution in [2.24, 2.45) is 0 Å². The molecule has 1 aromatic heterocycles. The van der Waals surface area contributed by atoms with Gasteiger partial charge in [-0.3, -0.25) is 4.79 Å². The molecule has 1 fully saturated rings. The Morgan fingerprint density at radius 1 is 1.36 bits per heavy atom. The monoisotopic (exact) mass is 369 g/mol. The van der Waals surface area contributed by atoms with E-state index in [2.05, 4.69) is 9.55 Å². The lowest BCUT2D eigenvalue weighted by Crippen LogP contribution is -2.38. The lowest BCUT2D eigenvalue weighted by atomic mass is 10.2. The molecule has 1 heterocycles. The van der Waals surface area contributed by atoms with Crippen LogP contribution in [0.15, 0.2) is 41.7 Å². The number of hydrogen-bond donors (Lipinski definition) is 1. The average molecular weight is 369 g/mol. The normalized spacial score (nSPS) is 15.8. The molecule has 8 heteroatoms. The first-order valence-electron chi connectivity index (χ1n) is 7.99. The van der Waals surface area contributed by atoms with Gasteiger partial charge in [-0.2, -0.15) is 13.2 Å². The predicted octanol–water partition coefficient (Wildman–Crippen LogP) is 4.04. The van der Waals surface area contributed by atoms with Crippen LogP contribution >= 0.6 is 11.8 Å². The molecular weight excluding hydrogens is 351 g/mol. The van der Waals surface area contributed by atoms with Crippen LogP contribution < -0.4 is 5.32 Å². The first-order valence-corrected chi connectivity index (χ1v) is 8.87. The number of hydrogen-bond acceptors (Lipinski definition) is 3. The fraction of sp³-hybridized carbons (Fsp3) is 0.412. The van der Waals surface area contributed by atoms with Crippen LogP contribution in [0.3, 0.4) is 0 Å². The van der Waals surface area contributed by atoms with Gasteiger partial charge >= 0.3 is 6.18 Å². The summed E-state index contributed by atoms with van der Waals surface area (Å²) in [6.07, 6.45) is -0.569. The van der Waals surface area contributed by atoms with E-state index in [0.29, 0.717) is 11.2 Å². The summed E-state index contributed by atoms with van der Waals surface area (Å²) in [7, 11) is 0. The van der Waals surface area contributed by atoms with E-state index in [-0.39, 0.29) is 0 Å². The van der Waals surface area contributed by atoms with Crippen molar-refractivity contribution in [1.82, 2.24) is 14.9 Å². The molecule has 0 saturated heterocycles. The van der Waals surface area contributed by atoms with Crippen LogP contribution in [0.2, 0.25) is 0 Å². The minimum absolute atomic E-state index is 0.339. The van der Waals surface area contributed by atoms with Gasteiger partial charge in [-0.15, -0.1) is 0 Å². The van der Waals surface area contributed by atoms with Crippen LogP contribution in [0.4, 0.5) is 13.2 Å². The molecule has 25 heavy (non-hydrogen) atoms. The highest BCUT2D eigenvalue weighted by Gasteiger charge is 2.32. The standard InChI is InChI=1S/C17H18F3N3OS/c1-11(15(24)22-10-17(18,19)20)25-16-21-9-14(23(16)13-7-8-13)12-5-3-2-4-6-12/h2-6,9,11,13H,7-8,10H2,1H3,(H,22,24). The Hall–Kier alpha value is -1.96. The second kappa shape index (κ2) is 7.11. The minimum atomic E-state index is -4.41. The molecule has 1 aliphatic carbocycles. The maximum atomic E-state index is 12.2. The van der Waals surface area contributed by atoms with Crippen LogP contribution in [0.5, 0.6) is 0 Å². The van der Waals surface area contributed by atoms with E-state index in [1.54, 1.807) is 13.1 Å². The van der Waals surface area contributed by atoms with E-state index in [1.165, 1.54) is 11.8 Å². The molecule has 0 bridgehead atoms. The molecule has 0 spiro atoms. The zero-order valence-corrected chi connectivity index (χ0v) is 14.4. The molecule has 0 radical (unpaired) electrons. The Bertz CT molecular complexity index is 741. The number of amides is 1. The van der Waals surface area contributed by atoms with Gasteiger partial charge in [0.25, 0.3) is 0 Å². The number of benzene rings is 1. The zero-order valence-electron chi connectivity index (χ0n) is 13.6. The lowest BCUT2D eigenvalue weighted by Gasteiger charge is -2.15. The van der Waals surface area contributed by atoms with E-state index in [0.717, 1.165) is 24.1 Å². The molecule has 134 valence electrons. The van der Waals surface area contributed by atoms with Crippen LogP contribution in [-0.2, 0) is 4.79 Å². The van der Waals surface area contributed by atoms with Gasteiger partial charge in [0.15, 0.2) is 5.16 Å². The number of thioether (sulfide) groups is 1. The summed E-state index contributed by atoms with van der Waals surface area (Å²) in [6.45, 7) is 0.271. The van der Waals surface area contributed by atoms with E-state index in [9.17, 15) is 18.0 Å². The molecule has 4 nitrogen and oxygen atoms in total. The van der Waals surface area contributed by atoms with E-state index in [4.69, 9.17) is 0 Å². The third-order valence-electron chi connectivity index (χ3n) is 3.86. The minimum Gasteiger partial charge on any atom is -0.346 e. The molecule has 1 N–H and O–H groups in total. The van der Waals surface area contributed by atoms with Crippen LogP contribution in [0.1, 0.15) is 25.8 Å². The van der Waals surface area contributed by atoms with E-state index < -0.39 is 23.9 Å². The smallest absolute Gasteiger partial charge is 0.346 e. The second-order valence-corrected chi connectivity index (χ2v) is 7.29.